The number of nitriles is 1. The Morgan fingerprint density at radius 2 is 2.37 bits per heavy atom. The number of ether oxygens (including phenoxy) is 2. The molecule has 0 radical (unpaired) electrons. The number of oxime groups is 1. The number of benzene rings is 1. The van der Waals surface area contributed by atoms with Crippen LogP contribution in [0.4, 0.5) is 4.39 Å². The monoisotopic (exact) mass is 264 g/mol. The summed E-state index contributed by atoms with van der Waals surface area (Å²) in [5.41, 5.74) is 0.00650. The first-order chi connectivity index (χ1) is 9.20. The summed E-state index contributed by atoms with van der Waals surface area (Å²) in [6.45, 7) is 2.35. The van der Waals surface area contributed by atoms with E-state index < -0.39 is 5.82 Å². The van der Waals surface area contributed by atoms with Gasteiger partial charge < -0.3 is 14.3 Å². The van der Waals surface area contributed by atoms with Crippen LogP contribution in [0.2, 0.25) is 0 Å². The Kier molecular flexibility index (Phi) is 4.44. The van der Waals surface area contributed by atoms with Crippen LogP contribution < -0.4 is 0 Å². The smallest absolute Gasteiger partial charge is 0.189 e. The summed E-state index contributed by atoms with van der Waals surface area (Å²) in [6, 6.07) is 7.71. The van der Waals surface area contributed by atoms with Gasteiger partial charge in [-0.1, -0.05) is 17.3 Å². The van der Waals surface area contributed by atoms with Gasteiger partial charge in [-0.15, -0.1) is 0 Å². The zero-order valence-electron chi connectivity index (χ0n) is 10.4. The van der Waals surface area contributed by atoms with Gasteiger partial charge in [-0.3, -0.25) is 0 Å². The Morgan fingerprint density at radius 1 is 1.58 bits per heavy atom. The van der Waals surface area contributed by atoms with E-state index in [0.29, 0.717) is 6.61 Å². The van der Waals surface area contributed by atoms with E-state index in [0.717, 1.165) is 0 Å². The van der Waals surface area contributed by atoms with E-state index in [9.17, 15) is 4.39 Å². The van der Waals surface area contributed by atoms with Crippen molar-refractivity contribution in [2.75, 3.05) is 13.2 Å². The third kappa shape index (κ3) is 3.50. The summed E-state index contributed by atoms with van der Waals surface area (Å²) >= 11 is 0. The van der Waals surface area contributed by atoms with Crippen LogP contribution >= 0.6 is 0 Å². The Hall–Kier alpha value is -1.97. The van der Waals surface area contributed by atoms with Gasteiger partial charge in [0.15, 0.2) is 12.0 Å². The molecule has 1 saturated heterocycles. The van der Waals surface area contributed by atoms with Crippen molar-refractivity contribution in [1.29, 1.82) is 5.26 Å². The predicted octanol–water partition coefficient (Wildman–Crippen LogP) is 1.83. The molecular weight excluding hydrogens is 251 g/mol. The first kappa shape index (κ1) is 13.5. The van der Waals surface area contributed by atoms with E-state index in [1.165, 1.54) is 12.1 Å². The van der Waals surface area contributed by atoms with Gasteiger partial charge in [0, 0.05) is 0 Å². The number of hydrogen-bond donors (Lipinski definition) is 0. The van der Waals surface area contributed by atoms with Crippen LogP contribution in [-0.4, -0.2) is 31.3 Å². The maximum atomic E-state index is 13.5. The number of halogens is 1. The highest BCUT2D eigenvalue weighted by molar-refractivity contribution is 6.11. The van der Waals surface area contributed by atoms with Gasteiger partial charge in [0.05, 0.1) is 12.2 Å². The SMILES string of the molecule is CC1OCC(CO/N=C(\C#N)c2ccccc2F)O1. The Morgan fingerprint density at radius 3 is 3.00 bits per heavy atom. The van der Waals surface area contributed by atoms with Gasteiger partial charge in [-0.25, -0.2) is 4.39 Å². The summed E-state index contributed by atoms with van der Waals surface area (Å²) in [6.07, 6.45) is -0.487. The zero-order valence-corrected chi connectivity index (χ0v) is 10.4. The molecule has 0 spiro atoms. The Bertz CT molecular complexity index is 513. The molecule has 5 nitrogen and oxygen atoms in total. The molecule has 0 aromatic heterocycles. The van der Waals surface area contributed by atoms with Gasteiger partial charge in [-0.05, 0) is 19.1 Å². The van der Waals surface area contributed by atoms with Crippen LogP contribution in [0.5, 0.6) is 0 Å². The average Bonchev–Trinajstić information content (AvgIpc) is 2.82. The van der Waals surface area contributed by atoms with Gasteiger partial charge in [0.1, 0.15) is 24.6 Å². The van der Waals surface area contributed by atoms with E-state index in [-0.39, 0.29) is 30.3 Å². The molecule has 0 amide bonds. The minimum Gasteiger partial charge on any atom is -0.392 e. The summed E-state index contributed by atoms with van der Waals surface area (Å²) in [5.74, 6) is -0.513. The van der Waals surface area contributed by atoms with Crippen molar-refractivity contribution in [3.05, 3.63) is 35.6 Å². The lowest BCUT2D eigenvalue weighted by Gasteiger charge is -2.07. The van der Waals surface area contributed by atoms with E-state index in [1.54, 1.807) is 25.1 Å². The predicted molar refractivity (Wildman–Crippen MR) is 64.8 cm³/mol. The zero-order chi connectivity index (χ0) is 13.7. The molecule has 2 atom stereocenters. The van der Waals surface area contributed by atoms with Crippen LogP contribution in [0.1, 0.15) is 12.5 Å². The summed E-state index contributed by atoms with van der Waals surface area (Å²) in [5, 5.41) is 12.6. The second-order valence-corrected chi connectivity index (χ2v) is 3.99. The molecule has 1 heterocycles. The molecule has 1 fully saturated rings. The minimum absolute atomic E-state index is 0.106. The normalized spacial score (nSPS) is 23.1. The van der Waals surface area contributed by atoms with Gasteiger partial charge in [-0.2, -0.15) is 5.26 Å². The number of hydrogen-bond acceptors (Lipinski definition) is 5. The van der Waals surface area contributed by atoms with Crippen LogP contribution in [0.15, 0.2) is 29.4 Å². The molecule has 1 aromatic carbocycles. The van der Waals surface area contributed by atoms with Crippen LogP contribution in [0.3, 0.4) is 0 Å². The molecule has 0 saturated carbocycles. The van der Waals surface area contributed by atoms with E-state index in [4.69, 9.17) is 19.6 Å². The number of rotatable bonds is 4. The lowest BCUT2D eigenvalue weighted by molar-refractivity contribution is -0.0578. The molecule has 19 heavy (non-hydrogen) atoms. The maximum Gasteiger partial charge on any atom is 0.189 e. The number of nitrogens with zero attached hydrogens (tertiary/aromatic N) is 2. The van der Waals surface area contributed by atoms with Crippen molar-refractivity contribution in [3.8, 4) is 6.07 Å². The van der Waals surface area contributed by atoms with Crippen molar-refractivity contribution >= 4 is 5.71 Å². The standard InChI is InChI=1S/C13H13FN2O3/c1-9-17-7-10(19-9)8-18-16-13(6-15)11-4-2-3-5-12(11)14/h2-5,9-10H,7-8H2,1H3/b16-13+. The largest absolute Gasteiger partial charge is 0.392 e. The molecule has 0 aliphatic carbocycles. The molecule has 1 aromatic rings. The molecule has 2 rings (SSSR count). The lowest BCUT2D eigenvalue weighted by atomic mass is 10.1. The van der Waals surface area contributed by atoms with Crippen molar-refractivity contribution in [2.45, 2.75) is 19.3 Å². The van der Waals surface area contributed by atoms with Crippen molar-refractivity contribution in [2.24, 2.45) is 5.16 Å². The lowest BCUT2D eigenvalue weighted by Crippen LogP contribution is -2.17. The van der Waals surface area contributed by atoms with Gasteiger partial charge >= 0.3 is 0 Å². The van der Waals surface area contributed by atoms with Crippen molar-refractivity contribution in [3.63, 3.8) is 0 Å². The fourth-order valence-electron chi connectivity index (χ4n) is 1.65. The summed E-state index contributed by atoms with van der Waals surface area (Å²) < 4.78 is 24.0. The quantitative estimate of drug-likeness (QED) is 0.614. The third-order valence-electron chi connectivity index (χ3n) is 2.55. The molecule has 2 unspecified atom stereocenters. The Labute approximate surface area is 110 Å². The first-order valence-corrected chi connectivity index (χ1v) is 5.82. The van der Waals surface area contributed by atoms with Gasteiger partial charge in [0.2, 0.25) is 0 Å². The molecule has 100 valence electrons. The Balaban J connectivity index is 1.97. The highest BCUT2D eigenvalue weighted by Gasteiger charge is 2.23. The average molecular weight is 264 g/mol. The molecular formula is C13H13FN2O3. The van der Waals surface area contributed by atoms with Crippen LogP contribution in [-0.2, 0) is 14.3 Å². The maximum absolute atomic E-state index is 13.5. The van der Waals surface area contributed by atoms with E-state index in [1.807, 2.05) is 0 Å². The topological polar surface area (TPSA) is 63.8 Å². The first-order valence-electron chi connectivity index (χ1n) is 5.82. The van der Waals surface area contributed by atoms with Crippen LogP contribution in [0, 0.1) is 17.1 Å². The fourth-order valence-corrected chi connectivity index (χ4v) is 1.65. The molecule has 6 heteroatoms. The van der Waals surface area contributed by atoms with Crippen LogP contribution in [0.25, 0.3) is 0 Å². The third-order valence-corrected chi connectivity index (χ3v) is 2.55. The summed E-state index contributed by atoms with van der Waals surface area (Å²) in [4.78, 5) is 5.02. The molecule has 0 N–H and O–H groups in total. The second kappa shape index (κ2) is 6.27. The highest BCUT2D eigenvalue weighted by Crippen LogP contribution is 2.12. The minimum atomic E-state index is -0.513. The second-order valence-electron chi connectivity index (χ2n) is 3.99. The molecule has 1 aliphatic rings. The van der Waals surface area contributed by atoms with E-state index >= 15 is 0 Å². The van der Waals surface area contributed by atoms with E-state index in [2.05, 4.69) is 5.16 Å². The molecule has 0 bridgehead atoms. The van der Waals surface area contributed by atoms with Crippen molar-refractivity contribution in [1.82, 2.24) is 0 Å². The fraction of sp³-hybridized carbons (Fsp3) is 0.385. The summed E-state index contributed by atoms with van der Waals surface area (Å²) in [7, 11) is 0. The highest BCUT2D eigenvalue weighted by atomic mass is 19.1. The van der Waals surface area contributed by atoms with Crippen molar-refractivity contribution < 1.29 is 18.7 Å². The van der Waals surface area contributed by atoms with Gasteiger partial charge in [0.25, 0.3) is 0 Å². The molecule has 1 aliphatic heterocycles.